The van der Waals surface area contributed by atoms with E-state index in [1.165, 1.54) is 4.90 Å². The number of carbonyl (C=O) groups is 2. The van der Waals surface area contributed by atoms with Crippen LogP contribution in [0.2, 0.25) is 0 Å². The molecule has 8 nitrogen and oxygen atoms in total. The Balaban J connectivity index is 1.72. The summed E-state index contributed by atoms with van der Waals surface area (Å²) in [6.07, 6.45) is -0.0137. The van der Waals surface area contributed by atoms with E-state index >= 15 is 0 Å². The number of benzene rings is 3. The summed E-state index contributed by atoms with van der Waals surface area (Å²) in [5.74, 6) is -0.119. The second kappa shape index (κ2) is 10.5. The Morgan fingerprint density at radius 1 is 1.02 bits per heavy atom. The van der Waals surface area contributed by atoms with Crippen molar-refractivity contribution in [2.75, 3.05) is 12.0 Å². The quantitative estimate of drug-likeness (QED) is 0.160. The minimum atomic E-state index is -0.919. The number of amides is 1. The second-order valence-electron chi connectivity index (χ2n) is 10.5. The average molecular weight is 540 g/mol. The highest BCUT2D eigenvalue weighted by molar-refractivity contribution is 6.51. The first-order valence-corrected chi connectivity index (χ1v) is 13.3. The molecule has 1 saturated heterocycles. The number of ketones is 1. The maximum Gasteiger partial charge on any atom is 0.302 e. The summed E-state index contributed by atoms with van der Waals surface area (Å²) in [7, 11) is 1.60. The molecule has 40 heavy (non-hydrogen) atoms. The van der Waals surface area contributed by atoms with Crippen molar-refractivity contribution in [1.82, 2.24) is 9.97 Å². The second-order valence-corrected chi connectivity index (χ2v) is 10.5. The third-order valence-corrected chi connectivity index (χ3v) is 7.07. The Morgan fingerprint density at radius 3 is 2.35 bits per heavy atom. The van der Waals surface area contributed by atoms with Crippen molar-refractivity contribution in [2.45, 2.75) is 52.7 Å². The van der Waals surface area contributed by atoms with Crippen LogP contribution in [-0.2, 0) is 9.59 Å². The molecule has 1 fully saturated rings. The first-order valence-electron chi connectivity index (χ1n) is 13.3. The lowest BCUT2D eigenvalue weighted by molar-refractivity contribution is -0.132. The summed E-state index contributed by atoms with van der Waals surface area (Å²) in [6, 6.07) is 17.3. The number of ether oxygens (including phenoxy) is 2. The van der Waals surface area contributed by atoms with E-state index in [2.05, 4.69) is 9.97 Å². The third kappa shape index (κ3) is 4.70. The van der Waals surface area contributed by atoms with Crippen molar-refractivity contribution in [3.63, 3.8) is 0 Å². The molecule has 4 aromatic rings. The van der Waals surface area contributed by atoms with Crippen LogP contribution in [-0.4, -0.2) is 40.0 Å². The van der Waals surface area contributed by atoms with Crippen LogP contribution in [0.5, 0.6) is 11.5 Å². The first kappa shape index (κ1) is 27.0. The molecule has 0 spiro atoms. The molecular formula is C32H33N3O5. The molecule has 5 rings (SSSR count). The zero-order chi connectivity index (χ0) is 28.7. The number of H-pyrrole nitrogens is 1. The normalized spacial score (nSPS) is 16.9. The molecule has 1 aliphatic rings. The molecule has 0 aliphatic carbocycles. The van der Waals surface area contributed by atoms with Crippen molar-refractivity contribution in [3.8, 4) is 11.5 Å². The fourth-order valence-electron chi connectivity index (χ4n) is 5.15. The zero-order valence-corrected chi connectivity index (χ0v) is 23.5. The largest absolute Gasteiger partial charge is 0.507 e. The number of carbonyl (C=O) groups excluding carboxylic acids is 2. The van der Waals surface area contributed by atoms with Crippen molar-refractivity contribution in [1.29, 1.82) is 0 Å². The maximum atomic E-state index is 13.7. The number of aromatic amines is 1. The predicted molar refractivity (Wildman–Crippen MR) is 155 cm³/mol. The SMILES string of the molecule is COc1cc(C)c(/C(O)=C2\C(=O)C(=O)N(c3nc4ccccc4[nH]3)C2c2ccc(OC(C)C)cc2)cc1C(C)C. The minimum Gasteiger partial charge on any atom is -0.507 e. The molecule has 0 saturated carbocycles. The van der Waals surface area contributed by atoms with Crippen LogP contribution in [0.15, 0.2) is 66.2 Å². The van der Waals surface area contributed by atoms with Gasteiger partial charge in [-0.25, -0.2) is 4.98 Å². The summed E-state index contributed by atoms with van der Waals surface area (Å²) >= 11 is 0. The number of methoxy groups -OCH3 is 1. The van der Waals surface area contributed by atoms with Crippen LogP contribution < -0.4 is 14.4 Å². The number of aryl methyl sites for hydroxylation is 1. The number of hydrogen-bond donors (Lipinski definition) is 2. The van der Waals surface area contributed by atoms with E-state index in [9.17, 15) is 14.7 Å². The van der Waals surface area contributed by atoms with Gasteiger partial charge in [0.2, 0.25) is 5.95 Å². The fourth-order valence-corrected chi connectivity index (χ4v) is 5.15. The molecule has 2 heterocycles. The number of nitrogens with zero attached hydrogens (tertiary/aromatic N) is 2. The van der Waals surface area contributed by atoms with E-state index in [1.54, 1.807) is 31.4 Å². The van der Waals surface area contributed by atoms with Gasteiger partial charge in [-0.3, -0.25) is 14.5 Å². The molecule has 8 heteroatoms. The van der Waals surface area contributed by atoms with Crippen molar-refractivity contribution in [2.24, 2.45) is 0 Å². The number of imidazole rings is 1. The summed E-state index contributed by atoms with van der Waals surface area (Å²) in [5.41, 5.74) is 4.08. The lowest BCUT2D eigenvalue weighted by Gasteiger charge is -2.24. The van der Waals surface area contributed by atoms with Gasteiger partial charge in [-0.2, -0.15) is 0 Å². The van der Waals surface area contributed by atoms with Crippen LogP contribution in [0.1, 0.15) is 61.9 Å². The number of para-hydroxylation sites is 2. The molecule has 1 aliphatic heterocycles. The monoisotopic (exact) mass is 539 g/mol. The van der Waals surface area contributed by atoms with Crippen LogP contribution in [0, 0.1) is 6.92 Å². The summed E-state index contributed by atoms with van der Waals surface area (Å²) in [4.78, 5) is 36.4. The Kier molecular flexibility index (Phi) is 7.10. The number of fused-ring (bicyclic) bond motifs is 1. The Hall–Kier alpha value is -4.59. The average Bonchev–Trinajstić information content (AvgIpc) is 3.46. The lowest BCUT2D eigenvalue weighted by atomic mass is 9.91. The molecular weight excluding hydrogens is 506 g/mol. The number of aromatic nitrogens is 2. The van der Waals surface area contributed by atoms with Gasteiger partial charge in [-0.05, 0) is 79.8 Å². The number of hydrogen-bond acceptors (Lipinski definition) is 6. The molecule has 1 unspecified atom stereocenters. The Bertz CT molecular complexity index is 1600. The summed E-state index contributed by atoms with van der Waals surface area (Å²) in [5, 5.41) is 11.8. The highest BCUT2D eigenvalue weighted by Crippen LogP contribution is 2.43. The molecule has 2 N–H and O–H groups in total. The zero-order valence-electron chi connectivity index (χ0n) is 23.5. The summed E-state index contributed by atoms with van der Waals surface area (Å²) < 4.78 is 11.4. The van der Waals surface area contributed by atoms with Crippen molar-refractivity contribution in [3.05, 3.63) is 88.5 Å². The number of aliphatic hydroxyl groups excluding tert-OH is 1. The lowest BCUT2D eigenvalue weighted by Crippen LogP contribution is -2.30. The molecule has 206 valence electrons. The van der Waals surface area contributed by atoms with E-state index < -0.39 is 17.7 Å². The summed E-state index contributed by atoms with van der Waals surface area (Å²) in [6.45, 7) is 9.76. The van der Waals surface area contributed by atoms with Gasteiger partial charge in [0.25, 0.3) is 5.78 Å². The number of aliphatic hydroxyl groups is 1. The Morgan fingerprint density at radius 2 is 1.73 bits per heavy atom. The van der Waals surface area contributed by atoms with Gasteiger partial charge >= 0.3 is 5.91 Å². The maximum absolute atomic E-state index is 13.7. The van der Waals surface area contributed by atoms with Gasteiger partial charge in [0, 0.05) is 5.56 Å². The number of anilines is 1. The molecule has 1 amide bonds. The van der Waals surface area contributed by atoms with Crippen molar-refractivity contribution < 1.29 is 24.2 Å². The van der Waals surface area contributed by atoms with E-state index in [1.807, 2.05) is 71.0 Å². The van der Waals surface area contributed by atoms with Gasteiger partial charge in [0.05, 0.1) is 35.9 Å². The minimum absolute atomic E-state index is 0.00837. The van der Waals surface area contributed by atoms with Crippen molar-refractivity contribution >= 4 is 34.4 Å². The van der Waals surface area contributed by atoms with E-state index in [-0.39, 0.29) is 29.3 Å². The molecule has 3 aromatic carbocycles. The highest BCUT2D eigenvalue weighted by Gasteiger charge is 2.48. The van der Waals surface area contributed by atoms with Gasteiger partial charge in [0.1, 0.15) is 17.3 Å². The van der Waals surface area contributed by atoms with E-state index in [0.717, 1.165) is 11.1 Å². The number of rotatable bonds is 7. The fraction of sp³-hybridized carbons (Fsp3) is 0.281. The molecule has 1 atom stereocenters. The predicted octanol–water partition coefficient (Wildman–Crippen LogP) is 6.42. The molecule has 0 bridgehead atoms. The number of Topliss-reactive ketones (excluding diaryl/α,β-unsaturated/α-hetero) is 1. The topological polar surface area (TPSA) is 105 Å². The van der Waals surface area contributed by atoms with E-state index in [0.29, 0.717) is 33.7 Å². The van der Waals surface area contributed by atoms with E-state index in [4.69, 9.17) is 9.47 Å². The molecule has 0 radical (unpaired) electrons. The number of nitrogens with one attached hydrogen (secondary N) is 1. The van der Waals surface area contributed by atoms with Gasteiger partial charge < -0.3 is 19.6 Å². The first-order chi connectivity index (χ1) is 19.1. The smallest absolute Gasteiger partial charge is 0.302 e. The van der Waals surface area contributed by atoms with Crippen LogP contribution in [0.4, 0.5) is 5.95 Å². The van der Waals surface area contributed by atoms with Crippen LogP contribution in [0.3, 0.4) is 0 Å². The standard InChI is InChI=1S/C32H33N3O5/c1-17(2)22-16-23(19(5)15-26(22)39-6)29(36)27-28(20-11-13-21(14-12-20)40-18(3)4)35(31(38)30(27)37)32-33-24-9-7-8-10-25(24)34-32/h7-18,28,36H,1-6H3,(H,33,34)/b29-27+. The van der Waals surface area contributed by atoms with Gasteiger partial charge in [0.15, 0.2) is 0 Å². The van der Waals surface area contributed by atoms with Gasteiger partial charge in [-0.1, -0.05) is 38.1 Å². The Labute approximate surface area is 233 Å². The molecule has 1 aromatic heterocycles. The van der Waals surface area contributed by atoms with Gasteiger partial charge in [-0.15, -0.1) is 0 Å². The third-order valence-electron chi connectivity index (χ3n) is 7.07. The van der Waals surface area contributed by atoms with Crippen LogP contribution in [0.25, 0.3) is 16.8 Å². The van der Waals surface area contributed by atoms with Crippen LogP contribution >= 0.6 is 0 Å². The highest BCUT2D eigenvalue weighted by atomic mass is 16.5.